The fraction of sp³-hybridized carbons (Fsp3) is 0.312. The topological polar surface area (TPSA) is 49.3 Å². The molecule has 3 rings (SSSR count). The van der Waals surface area contributed by atoms with Gasteiger partial charge in [-0.2, -0.15) is 0 Å². The number of thiophene rings is 1. The van der Waals surface area contributed by atoms with Crippen molar-refractivity contribution in [3.8, 4) is 5.75 Å². The van der Waals surface area contributed by atoms with E-state index in [4.69, 9.17) is 0 Å². The Hall–Kier alpha value is -1.81. The van der Waals surface area contributed by atoms with E-state index in [9.17, 15) is 9.90 Å². The van der Waals surface area contributed by atoms with Crippen LogP contribution in [0.1, 0.15) is 33.5 Å². The van der Waals surface area contributed by atoms with Gasteiger partial charge in [-0.25, -0.2) is 0 Å². The van der Waals surface area contributed by atoms with Crippen LogP contribution in [0.2, 0.25) is 0 Å². The maximum atomic E-state index is 12.3. The van der Waals surface area contributed by atoms with Crippen molar-refractivity contribution in [3.05, 3.63) is 45.6 Å². The van der Waals surface area contributed by atoms with Crippen molar-refractivity contribution in [2.75, 3.05) is 5.32 Å². The highest BCUT2D eigenvalue weighted by Gasteiger charge is 2.21. The maximum Gasteiger partial charge on any atom is 0.265 e. The average molecular weight is 287 g/mol. The second-order valence-electron chi connectivity index (χ2n) is 5.38. The number of rotatable bonds is 2. The van der Waals surface area contributed by atoms with E-state index in [1.165, 1.54) is 16.9 Å². The lowest BCUT2D eigenvalue weighted by molar-refractivity contribution is 0.103. The predicted octanol–water partition coefficient (Wildman–Crippen LogP) is 3.83. The number of phenolic OH excluding ortho intramolecular Hbond substituents is 1. The molecule has 0 saturated heterocycles. The summed E-state index contributed by atoms with van der Waals surface area (Å²) in [6, 6.07) is 8.79. The first-order valence-corrected chi connectivity index (χ1v) is 7.66. The van der Waals surface area contributed by atoms with Gasteiger partial charge in [-0.05, 0) is 48.9 Å². The summed E-state index contributed by atoms with van der Waals surface area (Å²) in [4.78, 5) is 14.3. The molecule has 4 heteroatoms. The van der Waals surface area contributed by atoms with Gasteiger partial charge in [0.25, 0.3) is 5.91 Å². The number of hydrogen-bond donors (Lipinski definition) is 2. The predicted molar refractivity (Wildman–Crippen MR) is 81.6 cm³/mol. The molecular formula is C16H17NO2S. The molecule has 1 atom stereocenters. The minimum Gasteiger partial charge on any atom is -0.506 e. The van der Waals surface area contributed by atoms with Gasteiger partial charge in [-0.3, -0.25) is 4.79 Å². The number of carbonyl (C=O) groups is 1. The first kappa shape index (κ1) is 13.2. The van der Waals surface area contributed by atoms with E-state index < -0.39 is 0 Å². The fourth-order valence-corrected chi connectivity index (χ4v) is 3.68. The Morgan fingerprint density at radius 2 is 2.20 bits per heavy atom. The molecule has 20 heavy (non-hydrogen) atoms. The van der Waals surface area contributed by atoms with E-state index in [0.29, 0.717) is 11.6 Å². The quantitative estimate of drug-likeness (QED) is 0.825. The zero-order valence-corrected chi connectivity index (χ0v) is 12.2. The second-order valence-corrected chi connectivity index (χ2v) is 6.52. The van der Waals surface area contributed by atoms with Gasteiger partial charge in [0.05, 0.1) is 10.6 Å². The number of aryl methyl sites for hydroxylation is 1. The smallest absolute Gasteiger partial charge is 0.265 e. The summed E-state index contributed by atoms with van der Waals surface area (Å²) in [7, 11) is 0. The summed E-state index contributed by atoms with van der Waals surface area (Å²) in [6.07, 6.45) is 3.34. The number of para-hydroxylation sites is 2. The lowest BCUT2D eigenvalue weighted by Crippen LogP contribution is -2.10. The molecule has 1 aromatic heterocycles. The molecule has 1 heterocycles. The zero-order chi connectivity index (χ0) is 14.1. The number of phenols is 1. The Bertz CT molecular complexity index is 648. The number of carbonyl (C=O) groups excluding carboxylic acids is 1. The largest absolute Gasteiger partial charge is 0.506 e. The number of fused-ring (bicyclic) bond motifs is 1. The molecule has 0 unspecified atom stereocenters. The molecule has 1 amide bonds. The lowest BCUT2D eigenvalue weighted by atomic mass is 9.90. The van der Waals surface area contributed by atoms with E-state index >= 15 is 0 Å². The van der Waals surface area contributed by atoms with Crippen LogP contribution in [0, 0.1) is 5.92 Å². The summed E-state index contributed by atoms with van der Waals surface area (Å²) in [5, 5.41) is 12.5. The van der Waals surface area contributed by atoms with E-state index in [1.54, 1.807) is 35.6 Å². The third kappa shape index (κ3) is 2.56. The Balaban J connectivity index is 1.80. The second kappa shape index (κ2) is 5.29. The van der Waals surface area contributed by atoms with E-state index in [-0.39, 0.29) is 11.7 Å². The Morgan fingerprint density at radius 1 is 1.40 bits per heavy atom. The highest BCUT2D eigenvalue weighted by molar-refractivity contribution is 7.14. The van der Waals surface area contributed by atoms with Gasteiger partial charge < -0.3 is 10.4 Å². The maximum absolute atomic E-state index is 12.3. The van der Waals surface area contributed by atoms with Crippen LogP contribution in [0.4, 0.5) is 5.69 Å². The number of anilines is 1. The van der Waals surface area contributed by atoms with Crippen LogP contribution in [0.3, 0.4) is 0 Å². The van der Waals surface area contributed by atoms with Crippen LogP contribution in [0.25, 0.3) is 0 Å². The normalized spacial score (nSPS) is 17.6. The molecule has 0 aliphatic heterocycles. The SMILES string of the molecule is C[C@@H]1CCc2sc(C(=O)Nc3ccccc3O)cc2C1. The van der Waals surface area contributed by atoms with Gasteiger partial charge in [-0.15, -0.1) is 11.3 Å². The average Bonchev–Trinajstić information content (AvgIpc) is 2.84. The summed E-state index contributed by atoms with van der Waals surface area (Å²) in [5.74, 6) is 0.653. The molecule has 2 N–H and O–H groups in total. The van der Waals surface area contributed by atoms with E-state index in [0.717, 1.165) is 17.7 Å². The number of nitrogens with one attached hydrogen (secondary N) is 1. The van der Waals surface area contributed by atoms with Crippen LogP contribution in [-0.2, 0) is 12.8 Å². The standard InChI is InChI=1S/C16H17NO2S/c1-10-6-7-14-11(8-10)9-15(20-14)16(19)17-12-4-2-3-5-13(12)18/h2-5,9-10,18H,6-8H2,1H3,(H,17,19)/t10-/m1/s1. The van der Waals surface area contributed by atoms with Crippen molar-refractivity contribution in [3.63, 3.8) is 0 Å². The Labute approximate surface area is 122 Å². The van der Waals surface area contributed by atoms with Crippen LogP contribution in [-0.4, -0.2) is 11.0 Å². The van der Waals surface area contributed by atoms with Gasteiger partial charge in [0.2, 0.25) is 0 Å². The summed E-state index contributed by atoms with van der Waals surface area (Å²) < 4.78 is 0. The third-order valence-corrected chi connectivity index (χ3v) is 4.94. The highest BCUT2D eigenvalue weighted by atomic mass is 32.1. The number of benzene rings is 1. The number of hydrogen-bond acceptors (Lipinski definition) is 3. The van der Waals surface area contributed by atoms with Crippen LogP contribution in [0.15, 0.2) is 30.3 Å². The minimum atomic E-state index is -0.140. The van der Waals surface area contributed by atoms with Gasteiger partial charge in [0.1, 0.15) is 5.75 Å². The molecule has 104 valence electrons. The Morgan fingerprint density at radius 3 is 3.00 bits per heavy atom. The zero-order valence-electron chi connectivity index (χ0n) is 11.3. The highest BCUT2D eigenvalue weighted by Crippen LogP contribution is 2.33. The summed E-state index contributed by atoms with van der Waals surface area (Å²) >= 11 is 1.58. The van der Waals surface area contributed by atoms with Crippen molar-refractivity contribution in [1.82, 2.24) is 0 Å². The van der Waals surface area contributed by atoms with Gasteiger partial charge in [0.15, 0.2) is 0 Å². The van der Waals surface area contributed by atoms with Crippen LogP contribution >= 0.6 is 11.3 Å². The molecule has 0 saturated carbocycles. The molecule has 3 nitrogen and oxygen atoms in total. The van der Waals surface area contributed by atoms with E-state index in [2.05, 4.69) is 12.2 Å². The molecule has 0 spiro atoms. The fourth-order valence-electron chi connectivity index (χ4n) is 2.58. The van der Waals surface area contributed by atoms with Crippen molar-refractivity contribution >= 4 is 22.9 Å². The van der Waals surface area contributed by atoms with Crippen molar-refractivity contribution in [1.29, 1.82) is 0 Å². The first-order valence-electron chi connectivity index (χ1n) is 6.84. The van der Waals surface area contributed by atoms with Crippen LogP contribution in [0.5, 0.6) is 5.75 Å². The Kier molecular flexibility index (Phi) is 3.49. The molecule has 2 aromatic rings. The van der Waals surface area contributed by atoms with Gasteiger partial charge in [-0.1, -0.05) is 19.1 Å². The van der Waals surface area contributed by atoms with Crippen molar-refractivity contribution < 1.29 is 9.90 Å². The third-order valence-electron chi connectivity index (χ3n) is 3.71. The van der Waals surface area contributed by atoms with Gasteiger partial charge >= 0.3 is 0 Å². The first-order chi connectivity index (χ1) is 9.63. The van der Waals surface area contributed by atoms with Crippen molar-refractivity contribution in [2.24, 2.45) is 5.92 Å². The van der Waals surface area contributed by atoms with Crippen LogP contribution < -0.4 is 5.32 Å². The lowest BCUT2D eigenvalue weighted by Gasteiger charge is -2.16. The molecular weight excluding hydrogens is 270 g/mol. The van der Waals surface area contributed by atoms with Gasteiger partial charge in [0, 0.05) is 4.88 Å². The van der Waals surface area contributed by atoms with E-state index in [1.807, 2.05) is 6.07 Å². The number of aromatic hydroxyl groups is 1. The monoisotopic (exact) mass is 287 g/mol. The minimum absolute atomic E-state index is 0.0933. The number of amides is 1. The molecule has 0 bridgehead atoms. The molecule has 1 aliphatic rings. The molecule has 0 radical (unpaired) electrons. The molecule has 1 aromatic carbocycles. The molecule has 1 aliphatic carbocycles. The molecule has 0 fully saturated rings. The summed E-state index contributed by atoms with van der Waals surface area (Å²) in [5.41, 5.74) is 1.77. The van der Waals surface area contributed by atoms with Crippen molar-refractivity contribution in [2.45, 2.75) is 26.2 Å². The summed E-state index contributed by atoms with van der Waals surface area (Å²) in [6.45, 7) is 2.25.